The molecule has 4 aliphatic rings. The normalized spacial score (nSPS) is 24.3. The van der Waals surface area contributed by atoms with Crippen LogP contribution in [-0.2, 0) is 11.3 Å². The number of aromatic amines is 1. The lowest BCUT2D eigenvalue weighted by Crippen LogP contribution is -2.49. The predicted octanol–water partition coefficient (Wildman–Crippen LogP) is 7.39. The number of nitrogens with zero attached hydrogens (tertiary/aromatic N) is 4. The summed E-state index contributed by atoms with van der Waals surface area (Å²) in [7, 11) is 0. The van der Waals surface area contributed by atoms with Crippen LogP contribution < -0.4 is 4.74 Å². The largest absolute Gasteiger partial charge is 0.493 e. The van der Waals surface area contributed by atoms with Crippen LogP contribution in [-0.4, -0.2) is 38.0 Å². The van der Waals surface area contributed by atoms with E-state index in [0.717, 1.165) is 79.6 Å². The monoisotopic (exact) mass is 565 g/mol. The lowest BCUT2D eigenvalue weighted by molar-refractivity contribution is -0.150. The van der Waals surface area contributed by atoms with E-state index < -0.39 is 0 Å². The van der Waals surface area contributed by atoms with E-state index in [-0.39, 0.29) is 11.0 Å². The van der Waals surface area contributed by atoms with Gasteiger partial charge in [0.05, 0.1) is 28.9 Å². The van der Waals surface area contributed by atoms with Gasteiger partial charge in [0.15, 0.2) is 0 Å². The first-order valence-electron chi connectivity index (χ1n) is 13.6. The minimum absolute atomic E-state index is 0.125. The maximum absolute atomic E-state index is 6.78. The molecule has 2 aromatic carbocycles. The fourth-order valence-corrected chi connectivity index (χ4v) is 6.76. The summed E-state index contributed by atoms with van der Waals surface area (Å²) in [5.41, 5.74) is 3.37. The van der Waals surface area contributed by atoms with E-state index in [1.165, 1.54) is 0 Å². The van der Waals surface area contributed by atoms with Gasteiger partial charge < -0.3 is 14.0 Å². The van der Waals surface area contributed by atoms with E-state index in [0.29, 0.717) is 40.7 Å². The molecule has 10 heteroatoms. The number of benzene rings is 2. The molecule has 8 rings (SSSR count). The number of nitrogens with one attached hydrogen (secondary N) is 1. The van der Waals surface area contributed by atoms with Crippen molar-refractivity contribution in [3.63, 3.8) is 0 Å². The molecule has 202 valence electrons. The Hall–Kier alpha value is -2.94. The summed E-state index contributed by atoms with van der Waals surface area (Å²) in [4.78, 5) is 0. The van der Waals surface area contributed by atoms with Gasteiger partial charge in [-0.3, -0.25) is 0 Å². The highest BCUT2D eigenvalue weighted by Gasteiger charge is 2.50. The highest BCUT2D eigenvalue weighted by atomic mass is 35.5. The molecule has 0 aliphatic heterocycles. The van der Waals surface area contributed by atoms with E-state index in [1.54, 1.807) is 0 Å². The van der Waals surface area contributed by atoms with Gasteiger partial charge in [-0.2, -0.15) is 5.21 Å². The van der Waals surface area contributed by atoms with Crippen molar-refractivity contribution in [2.45, 2.75) is 69.5 Å². The highest BCUT2D eigenvalue weighted by molar-refractivity contribution is 6.39. The Morgan fingerprint density at radius 3 is 2.41 bits per heavy atom. The smallest absolute Gasteiger partial charge is 0.204 e. The molecule has 0 unspecified atom stereocenters. The van der Waals surface area contributed by atoms with Crippen molar-refractivity contribution in [3.8, 4) is 28.4 Å². The first-order valence-corrected chi connectivity index (χ1v) is 14.3. The number of hydrogen-bond donors (Lipinski definition) is 1. The summed E-state index contributed by atoms with van der Waals surface area (Å²) in [5.74, 6) is 2.73. The number of aromatic nitrogens is 5. The van der Waals surface area contributed by atoms with Crippen molar-refractivity contribution in [2.24, 2.45) is 5.41 Å². The molecule has 0 radical (unpaired) electrons. The second kappa shape index (κ2) is 9.91. The molecule has 1 N–H and O–H groups in total. The van der Waals surface area contributed by atoms with Crippen LogP contribution in [0.3, 0.4) is 0 Å². The Kier molecular flexibility index (Phi) is 6.37. The molecule has 4 fully saturated rings. The van der Waals surface area contributed by atoms with E-state index in [4.69, 9.17) is 37.2 Å². The zero-order valence-electron chi connectivity index (χ0n) is 21.5. The molecule has 39 heavy (non-hydrogen) atoms. The number of hydrogen-bond acceptors (Lipinski definition) is 7. The summed E-state index contributed by atoms with van der Waals surface area (Å²) in [6.45, 7) is 1.16. The average molecular weight is 566 g/mol. The van der Waals surface area contributed by atoms with Crippen molar-refractivity contribution in [1.82, 2.24) is 25.8 Å². The molecule has 4 aromatic rings. The molecule has 0 saturated heterocycles. The maximum atomic E-state index is 6.78. The average Bonchev–Trinajstić information content (AvgIpc) is 3.48. The summed E-state index contributed by atoms with van der Waals surface area (Å²) in [6, 6.07) is 13.4. The van der Waals surface area contributed by atoms with E-state index in [1.807, 2.05) is 42.5 Å². The molecule has 2 bridgehead atoms. The van der Waals surface area contributed by atoms with Crippen molar-refractivity contribution in [1.29, 1.82) is 0 Å². The van der Waals surface area contributed by atoms with Gasteiger partial charge in [0.1, 0.15) is 17.2 Å². The van der Waals surface area contributed by atoms with Gasteiger partial charge in [0.25, 0.3) is 0 Å². The van der Waals surface area contributed by atoms with Crippen molar-refractivity contribution in [3.05, 3.63) is 63.8 Å². The second-order valence-electron chi connectivity index (χ2n) is 11.3. The molecular formula is C29H29Cl2N5O3. The minimum Gasteiger partial charge on any atom is -0.493 e. The van der Waals surface area contributed by atoms with E-state index in [9.17, 15) is 0 Å². The van der Waals surface area contributed by atoms with Gasteiger partial charge in [-0.15, -0.1) is 10.2 Å². The van der Waals surface area contributed by atoms with Crippen LogP contribution in [0.2, 0.25) is 10.0 Å². The fourth-order valence-electron chi connectivity index (χ4n) is 6.18. The zero-order valence-corrected chi connectivity index (χ0v) is 23.0. The number of halogens is 2. The van der Waals surface area contributed by atoms with Gasteiger partial charge >= 0.3 is 0 Å². The summed E-state index contributed by atoms with van der Waals surface area (Å²) in [6.07, 6.45) is 8.54. The summed E-state index contributed by atoms with van der Waals surface area (Å²) in [5, 5.41) is 19.8. The first-order chi connectivity index (χ1) is 19.0. The number of H-pyrrole nitrogens is 1. The van der Waals surface area contributed by atoms with Crippen molar-refractivity contribution in [2.75, 3.05) is 6.61 Å². The summed E-state index contributed by atoms with van der Waals surface area (Å²) < 4.78 is 18.9. The molecule has 4 saturated carbocycles. The van der Waals surface area contributed by atoms with E-state index >= 15 is 0 Å². The van der Waals surface area contributed by atoms with Gasteiger partial charge in [-0.1, -0.05) is 46.6 Å². The van der Waals surface area contributed by atoms with Crippen molar-refractivity contribution >= 4 is 23.2 Å². The van der Waals surface area contributed by atoms with Gasteiger partial charge in [-0.25, -0.2) is 0 Å². The van der Waals surface area contributed by atoms with Gasteiger partial charge in [0.2, 0.25) is 5.82 Å². The van der Waals surface area contributed by atoms with Crippen LogP contribution in [0.1, 0.15) is 68.6 Å². The molecule has 0 amide bonds. The Balaban J connectivity index is 1.03. The molecule has 8 nitrogen and oxygen atoms in total. The molecule has 0 atom stereocenters. The SMILES string of the molecule is Clc1cccc(Cl)c1-c1noc(C2CC2)c1COC12CCC(COc3cccc(-c4nn[nH]n4)c3)(CC1)CC2. The lowest BCUT2D eigenvalue weighted by atomic mass is 9.59. The molecular weight excluding hydrogens is 537 g/mol. The zero-order chi connectivity index (χ0) is 26.5. The Morgan fingerprint density at radius 1 is 0.974 bits per heavy atom. The van der Waals surface area contributed by atoms with E-state index in [2.05, 4.69) is 25.8 Å². The third kappa shape index (κ3) is 4.83. The lowest BCUT2D eigenvalue weighted by Gasteiger charge is -2.52. The van der Waals surface area contributed by atoms with Crippen LogP contribution in [0.4, 0.5) is 0 Å². The second-order valence-corrected chi connectivity index (χ2v) is 12.1. The predicted molar refractivity (Wildman–Crippen MR) is 147 cm³/mol. The Labute approximate surface area is 236 Å². The van der Waals surface area contributed by atoms with Crippen molar-refractivity contribution < 1.29 is 14.0 Å². The third-order valence-electron chi connectivity index (χ3n) is 8.80. The minimum atomic E-state index is -0.125. The van der Waals surface area contributed by atoms with Crippen LogP contribution in [0.5, 0.6) is 5.75 Å². The maximum Gasteiger partial charge on any atom is 0.204 e. The number of ether oxygens (including phenoxy) is 2. The number of tetrazole rings is 1. The quantitative estimate of drug-likeness (QED) is 0.225. The van der Waals surface area contributed by atoms with Gasteiger partial charge in [0, 0.05) is 28.0 Å². The molecule has 4 aliphatic carbocycles. The highest BCUT2D eigenvalue weighted by Crippen LogP contribution is 2.55. The molecule has 2 heterocycles. The number of fused-ring (bicyclic) bond motifs is 3. The van der Waals surface area contributed by atoms with Crippen LogP contribution in [0.25, 0.3) is 22.6 Å². The Bertz CT molecular complexity index is 1440. The Morgan fingerprint density at radius 2 is 1.72 bits per heavy atom. The third-order valence-corrected chi connectivity index (χ3v) is 9.43. The fraction of sp³-hybridized carbons (Fsp3) is 0.448. The topological polar surface area (TPSA) is 99.0 Å². The number of rotatable bonds is 9. The van der Waals surface area contributed by atoms with Crippen LogP contribution >= 0.6 is 23.2 Å². The van der Waals surface area contributed by atoms with Gasteiger partial charge in [-0.05, 0) is 80.8 Å². The molecule has 2 aromatic heterocycles. The first kappa shape index (κ1) is 25.1. The van der Waals surface area contributed by atoms with Crippen LogP contribution in [0, 0.1) is 5.41 Å². The van der Waals surface area contributed by atoms with Crippen LogP contribution in [0.15, 0.2) is 47.0 Å². The standard InChI is InChI=1S/C29H29Cl2N5O3/c30-22-5-2-6-23(31)24(22)25-21(26(39-34-25)18-7-8-18)16-38-29-12-9-28(10-13-29,11-14-29)17-37-20-4-1-3-19(15-20)27-32-35-36-33-27/h1-6,15,18H,7-14,16-17H2,(H,32,33,35,36). The molecule has 0 spiro atoms. The summed E-state index contributed by atoms with van der Waals surface area (Å²) >= 11 is 13.1.